The van der Waals surface area contributed by atoms with Gasteiger partial charge in [-0.2, -0.15) is 5.10 Å². The van der Waals surface area contributed by atoms with Gasteiger partial charge in [0.05, 0.1) is 25.0 Å². The van der Waals surface area contributed by atoms with Crippen LogP contribution in [0.3, 0.4) is 0 Å². The fraction of sp³-hybridized carbons (Fsp3) is 0.583. The molecule has 0 amide bonds. The zero-order valence-electron chi connectivity index (χ0n) is 10.7. The van der Waals surface area contributed by atoms with Crippen molar-refractivity contribution in [1.82, 2.24) is 10.2 Å². The maximum atomic E-state index is 10.4. The van der Waals surface area contributed by atoms with E-state index in [1.807, 2.05) is 20.8 Å². The Morgan fingerprint density at radius 3 is 2.59 bits per heavy atom. The van der Waals surface area contributed by atoms with Crippen molar-refractivity contribution in [2.75, 3.05) is 7.11 Å². The fourth-order valence-electron chi connectivity index (χ4n) is 1.22. The van der Waals surface area contributed by atoms with Crippen LogP contribution >= 0.6 is 0 Å². The molecule has 0 N–H and O–H groups in total. The van der Waals surface area contributed by atoms with Gasteiger partial charge in [0.25, 0.3) is 0 Å². The highest BCUT2D eigenvalue weighted by atomic mass is 16.5. The number of aldehydes is 1. The van der Waals surface area contributed by atoms with Crippen molar-refractivity contribution in [3.63, 3.8) is 0 Å². The number of aromatic nitrogens is 2. The van der Waals surface area contributed by atoms with Crippen molar-refractivity contribution < 1.29 is 14.3 Å². The fourth-order valence-corrected chi connectivity index (χ4v) is 1.22. The molecule has 0 atom stereocenters. The lowest BCUT2D eigenvalue weighted by Crippen LogP contribution is -2.19. The first kappa shape index (κ1) is 13.6. The predicted molar refractivity (Wildman–Crippen MR) is 62.9 cm³/mol. The minimum Gasteiger partial charge on any atom is -0.480 e. The molecule has 0 aromatic carbocycles. The number of hydrogen-bond donors (Lipinski definition) is 0. The van der Waals surface area contributed by atoms with Gasteiger partial charge in [-0.3, -0.25) is 0 Å². The Morgan fingerprint density at radius 1 is 1.35 bits per heavy atom. The molecule has 0 saturated heterocycles. The van der Waals surface area contributed by atoms with Crippen LogP contribution in [0.4, 0.5) is 0 Å². The average Bonchev–Trinajstić information content (AvgIpc) is 2.26. The normalized spacial score (nSPS) is 11.3. The third-order valence-corrected chi connectivity index (χ3v) is 2.03. The van der Waals surface area contributed by atoms with Crippen molar-refractivity contribution in [1.29, 1.82) is 0 Å². The summed E-state index contributed by atoms with van der Waals surface area (Å²) in [6.07, 6.45) is 1.05. The van der Waals surface area contributed by atoms with Crippen LogP contribution in [0, 0.1) is 0 Å². The highest BCUT2D eigenvalue weighted by Crippen LogP contribution is 2.19. The van der Waals surface area contributed by atoms with Gasteiger partial charge in [0.2, 0.25) is 5.88 Å². The highest BCUT2D eigenvalue weighted by Gasteiger charge is 2.14. The summed E-state index contributed by atoms with van der Waals surface area (Å²) in [5, 5.41) is 7.79. The van der Waals surface area contributed by atoms with E-state index in [1.165, 1.54) is 7.11 Å². The zero-order chi connectivity index (χ0) is 12.9. The molecule has 0 saturated carbocycles. The molecule has 1 aromatic rings. The van der Waals surface area contributed by atoms with E-state index in [9.17, 15) is 4.79 Å². The van der Waals surface area contributed by atoms with E-state index >= 15 is 0 Å². The Kier molecular flexibility index (Phi) is 4.57. The molecule has 5 nitrogen and oxygen atoms in total. The predicted octanol–water partition coefficient (Wildman–Crippen LogP) is 1.54. The number of rotatable bonds is 5. The summed E-state index contributed by atoms with van der Waals surface area (Å²) in [5.74, 6) is 0.434. The maximum absolute atomic E-state index is 10.4. The summed E-state index contributed by atoms with van der Waals surface area (Å²) >= 11 is 0. The molecular formula is C12H18N2O3. The van der Waals surface area contributed by atoms with E-state index in [4.69, 9.17) is 9.47 Å². The first-order valence-corrected chi connectivity index (χ1v) is 5.43. The minimum absolute atomic E-state index is 0.237. The second-order valence-electron chi connectivity index (χ2n) is 4.64. The van der Waals surface area contributed by atoms with E-state index in [2.05, 4.69) is 10.2 Å². The second-order valence-corrected chi connectivity index (χ2v) is 4.64. The van der Waals surface area contributed by atoms with Crippen LogP contribution < -0.4 is 4.74 Å². The number of nitrogens with zero attached hydrogens (tertiary/aromatic N) is 2. The topological polar surface area (TPSA) is 61.3 Å². The Bertz CT molecular complexity index is 386. The second kappa shape index (κ2) is 5.72. The van der Waals surface area contributed by atoms with Crippen LogP contribution in [0.2, 0.25) is 0 Å². The molecule has 0 fully saturated rings. The molecule has 0 radical (unpaired) electrons. The highest BCUT2D eigenvalue weighted by molar-refractivity contribution is 5.53. The third kappa shape index (κ3) is 4.48. The molecule has 0 unspecified atom stereocenters. The summed E-state index contributed by atoms with van der Waals surface area (Å²) in [6.45, 7) is 6.30. The number of hydrogen-bond acceptors (Lipinski definition) is 5. The van der Waals surface area contributed by atoms with Gasteiger partial charge in [-0.25, -0.2) is 0 Å². The van der Waals surface area contributed by atoms with Gasteiger partial charge in [-0.1, -0.05) is 0 Å². The lowest BCUT2D eigenvalue weighted by atomic mass is 10.2. The molecule has 94 valence electrons. The number of ether oxygens (including phenoxy) is 2. The average molecular weight is 238 g/mol. The Morgan fingerprint density at radius 2 is 2.06 bits per heavy atom. The van der Waals surface area contributed by atoms with Gasteiger partial charge in [-0.05, 0) is 26.8 Å². The molecule has 0 bridgehead atoms. The van der Waals surface area contributed by atoms with E-state index in [-0.39, 0.29) is 12.0 Å². The van der Waals surface area contributed by atoms with Gasteiger partial charge >= 0.3 is 0 Å². The quantitative estimate of drug-likeness (QED) is 0.728. The Hall–Kier alpha value is -1.49. The number of carbonyl (C=O) groups excluding carboxylic acids is 1. The summed E-state index contributed by atoms with van der Waals surface area (Å²) in [4.78, 5) is 10.4. The minimum atomic E-state index is -0.237. The molecule has 0 aliphatic rings. The van der Waals surface area contributed by atoms with Crippen molar-refractivity contribution in [3.05, 3.63) is 17.3 Å². The first-order chi connectivity index (χ1) is 7.96. The van der Waals surface area contributed by atoms with Crippen LogP contribution in [-0.4, -0.2) is 29.2 Å². The van der Waals surface area contributed by atoms with E-state index in [1.54, 1.807) is 6.07 Å². The van der Waals surface area contributed by atoms with Crippen molar-refractivity contribution in [2.45, 2.75) is 39.4 Å². The van der Waals surface area contributed by atoms with E-state index in [0.29, 0.717) is 18.2 Å². The summed E-state index contributed by atoms with van der Waals surface area (Å²) < 4.78 is 10.8. The summed E-state index contributed by atoms with van der Waals surface area (Å²) in [5.41, 5.74) is 1.18. The molecule has 1 aromatic heterocycles. The van der Waals surface area contributed by atoms with E-state index < -0.39 is 0 Å². The first-order valence-electron chi connectivity index (χ1n) is 5.43. The summed E-state index contributed by atoms with van der Waals surface area (Å²) in [6, 6.07) is 1.78. The molecule has 5 heteroatoms. The van der Waals surface area contributed by atoms with Crippen molar-refractivity contribution >= 4 is 6.29 Å². The third-order valence-electron chi connectivity index (χ3n) is 2.03. The Labute approximate surface area is 101 Å². The van der Waals surface area contributed by atoms with Crippen LogP contribution in [0.1, 0.15) is 32.0 Å². The van der Waals surface area contributed by atoms with Crippen LogP contribution in [0.15, 0.2) is 6.07 Å². The molecule has 17 heavy (non-hydrogen) atoms. The molecular weight excluding hydrogens is 220 g/mol. The zero-order valence-corrected chi connectivity index (χ0v) is 10.7. The SMILES string of the molecule is COc1nnc(CC=O)cc1COC(C)(C)C. The molecule has 0 aliphatic heterocycles. The van der Waals surface area contributed by atoms with Gasteiger partial charge in [-0.15, -0.1) is 5.10 Å². The monoisotopic (exact) mass is 238 g/mol. The van der Waals surface area contributed by atoms with Crippen molar-refractivity contribution in [2.24, 2.45) is 0 Å². The molecule has 1 rings (SSSR count). The molecule has 0 aliphatic carbocycles. The van der Waals surface area contributed by atoms with Crippen molar-refractivity contribution in [3.8, 4) is 5.88 Å². The largest absolute Gasteiger partial charge is 0.480 e. The number of methoxy groups -OCH3 is 1. The lowest BCUT2D eigenvalue weighted by Gasteiger charge is -2.20. The van der Waals surface area contributed by atoms with Gasteiger partial charge in [0.1, 0.15) is 6.29 Å². The Balaban J connectivity index is 2.86. The van der Waals surface area contributed by atoms with Crippen LogP contribution in [0.5, 0.6) is 5.88 Å². The van der Waals surface area contributed by atoms with Gasteiger partial charge in [0, 0.05) is 12.0 Å². The van der Waals surface area contributed by atoms with E-state index in [0.717, 1.165) is 11.8 Å². The lowest BCUT2D eigenvalue weighted by molar-refractivity contribution is -0.107. The number of carbonyl (C=O) groups is 1. The molecule has 1 heterocycles. The van der Waals surface area contributed by atoms with Crippen LogP contribution in [0.25, 0.3) is 0 Å². The van der Waals surface area contributed by atoms with Gasteiger partial charge in [0.15, 0.2) is 0 Å². The van der Waals surface area contributed by atoms with Crippen LogP contribution in [-0.2, 0) is 22.6 Å². The summed E-state index contributed by atoms with van der Waals surface area (Å²) in [7, 11) is 1.53. The van der Waals surface area contributed by atoms with Gasteiger partial charge < -0.3 is 14.3 Å². The maximum Gasteiger partial charge on any atom is 0.238 e. The standard InChI is InChI=1S/C12H18N2O3/c1-12(2,3)17-8-9-7-10(5-6-15)13-14-11(9)16-4/h6-7H,5,8H2,1-4H3. The molecule has 0 spiro atoms. The smallest absolute Gasteiger partial charge is 0.238 e.